The lowest BCUT2D eigenvalue weighted by Gasteiger charge is -2.27. The molecule has 4 atom stereocenters. The van der Waals surface area contributed by atoms with E-state index in [1.807, 2.05) is 0 Å². The molecular formula is C49H95NO5. The zero-order chi connectivity index (χ0) is 40.3. The first-order valence-electron chi connectivity index (χ1n) is 24.2. The molecule has 6 heteroatoms. The van der Waals surface area contributed by atoms with Crippen LogP contribution in [0.15, 0.2) is 24.3 Å². The van der Waals surface area contributed by atoms with Gasteiger partial charge in [-0.2, -0.15) is 0 Å². The number of carbonyl (C=O) groups excluding carboxylic acids is 1. The second kappa shape index (κ2) is 43.9. The molecule has 55 heavy (non-hydrogen) atoms. The zero-order valence-electron chi connectivity index (χ0n) is 36.7. The van der Waals surface area contributed by atoms with Gasteiger partial charge in [0.2, 0.25) is 5.91 Å². The number of aliphatic hydroxyl groups excluding tert-OH is 4. The van der Waals surface area contributed by atoms with Gasteiger partial charge in [0, 0.05) is 0 Å². The van der Waals surface area contributed by atoms with Crippen molar-refractivity contribution in [3.05, 3.63) is 24.3 Å². The molecule has 0 fully saturated rings. The quantitative estimate of drug-likeness (QED) is 0.0313. The number of hydrogen-bond acceptors (Lipinski definition) is 5. The third kappa shape index (κ3) is 38.1. The number of allylic oxidation sites excluding steroid dienone is 4. The van der Waals surface area contributed by atoms with Crippen LogP contribution in [0.5, 0.6) is 0 Å². The normalized spacial score (nSPS) is 14.2. The Morgan fingerprint density at radius 2 is 0.764 bits per heavy atom. The molecule has 0 rings (SSSR count). The highest BCUT2D eigenvalue weighted by Crippen LogP contribution is 2.16. The minimum Gasteiger partial charge on any atom is -0.394 e. The maximum atomic E-state index is 12.5. The summed E-state index contributed by atoms with van der Waals surface area (Å²) < 4.78 is 0. The van der Waals surface area contributed by atoms with Gasteiger partial charge in [-0.05, 0) is 51.4 Å². The van der Waals surface area contributed by atoms with Crippen LogP contribution < -0.4 is 5.32 Å². The molecule has 1 amide bonds. The van der Waals surface area contributed by atoms with E-state index in [-0.39, 0.29) is 0 Å². The average Bonchev–Trinajstić information content (AvgIpc) is 3.19. The lowest BCUT2D eigenvalue weighted by molar-refractivity contribution is -0.132. The maximum absolute atomic E-state index is 12.5. The van der Waals surface area contributed by atoms with Gasteiger partial charge in [-0.25, -0.2) is 0 Å². The number of hydrogen-bond donors (Lipinski definition) is 5. The zero-order valence-corrected chi connectivity index (χ0v) is 36.7. The van der Waals surface area contributed by atoms with E-state index in [0.717, 1.165) is 38.5 Å². The fourth-order valence-corrected chi connectivity index (χ4v) is 7.54. The van der Waals surface area contributed by atoms with E-state index >= 15 is 0 Å². The van der Waals surface area contributed by atoms with Gasteiger partial charge in [0.25, 0.3) is 0 Å². The van der Waals surface area contributed by atoms with Crippen LogP contribution in [0.3, 0.4) is 0 Å². The lowest BCUT2D eigenvalue weighted by Crippen LogP contribution is -2.53. The van der Waals surface area contributed by atoms with E-state index in [9.17, 15) is 25.2 Å². The molecule has 5 N–H and O–H groups in total. The Balaban J connectivity index is 3.74. The lowest BCUT2D eigenvalue weighted by atomic mass is 10.00. The van der Waals surface area contributed by atoms with Crippen molar-refractivity contribution in [3.63, 3.8) is 0 Å². The Morgan fingerprint density at radius 3 is 1.15 bits per heavy atom. The summed E-state index contributed by atoms with van der Waals surface area (Å²) in [5.74, 6) is -0.594. The van der Waals surface area contributed by atoms with Gasteiger partial charge in [0.05, 0.1) is 18.8 Å². The monoisotopic (exact) mass is 778 g/mol. The van der Waals surface area contributed by atoms with Crippen LogP contribution in [0.25, 0.3) is 0 Å². The average molecular weight is 778 g/mol. The minimum atomic E-state index is -1.29. The summed E-state index contributed by atoms with van der Waals surface area (Å²) in [5, 5.41) is 43.8. The molecule has 0 spiro atoms. The van der Waals surface area contributed by atoms with Gasteiger partial charge in [0.1, 0.15) is 12.2 Å². The van der Waals surface area contributed by atoms with Crippen molar-refractivity contribution in [2.45, 2.75) is 276 Å². The Bertz CT molecular complexity index is 832. The summed E-state index contributed by atoms with van der Waals surface area (Å²) in [7, 11) is 0. The summed E-state index contributed by atoms with van der Waals surface area (Å²) >= 11 is 0. The molecule has 6 nitrogen and oxygen atoms in total. The molecule has 0 aromatic carbocycles. The van der Waals surface area contributed by atoms with Crippen molar-refractivity contribution in [3.8, 4) is 0 Å². The summed E-state index contributed by atoms with van der Waals surface area (Å²) in [6.45, 7) is 4.05. The number of nitrogens with one attached hydrogen (secondary N) is 1. The van der Waals surface area contributed by atoms with Crippen molar-refractivity contribution in [1.82, 2.24) is 5.32 Å². The SMILES string of the molecule is CCCCCCCCCCCC/C=C/CC/C=C/CCCC(O)C(O)C(CO)NC(=O)C(O)CCCCCCCCCCCCCCCCCCCCCC. The smallest absolute Gasteiger partial charge is 0.249 e. The first kappa shape index (κ1) is 53.8. The van der Waals surface area contributed by atoms with Crippen LogP contribution in [0.2, 0.25) is 0 Å². The summed E-state index contributed by atoms with van der Waals surface area (Å²) in [6.07, 6.45) is 50.8. The van der Waals surface area contributed by atoms with E-state index in [4.69, 9.17) is 0 Å². The molecule has 0 aliphatic rings. The maximum Gasteiger partial charge on any atom is 0.249 e. The van der Waals surface area contributed by atoms with Crippen molar-refractivity contribution in [2.75, 3.05) is 6.61 Å². The summed E-state index contributed by atoms with van der Waals surface area (Å²) in [4.78, 5) is 12.5. The second-order valence-corrected chi connectivity index (χ2v) is 16.8. The van der Waals surface area contributed by atoms with Gasteiger partial charge in [-0.3, -0.25) is 4.79 Å². The molecule has 0 radical (unpaired) electrons. The van der Waals surface area contributed by atoms with Crippen LogP contribution in [-0.2, 0) is 4.79 Å². The number of amides is 1. The predicted molar refractivity (Wildman–Crippen MR) is 237 cm³/mol. The number of unbranched alkanes of at least 4 members (excludes halogenated alkanes) is 31. The molecule has 0 aromatic rings. The Hall–Kier alpha value is -1.21. The standard InChI is InChI=1S/C49H95NO5/c1-3-5-7-9-11-13-15-17-19-21-23-25-27-29-31-33-35-37-39-41-43-47(53)49(55)50-45(44-51)48(54)46(52)42-40-38-36-34-32-30-28-26-24-22-20-18-16-14-12-10-8-6-4-2/h26,28,34,36,45-48,51-54H,3-25,27,29-33,35,37-44H2,1-2H3,(H,50,55)/b28-26+,36-34+. The molecule has 0 aliphatic heterocycles. The Morgan fingerprint density at radius 1 is 0.436 bits per heavy atom. The number of rotatable bonds is 44. The summed E-state index contributed by atoms with van der Waals surface area (Å²) in [6, 6.07) is -1.00. The van der Waals surface area contributed by atoms with Crippen LogP contribution in [0, 0.1) is 0 Å². The van der Waals surface area contributed by atoms with Gasteiger partial charge >= 0.3 is 0 Å². The summed E-state index contributed by atoms with van der Waals surface area (Å²) in [5.41, 5.74) is 0. The van der Waals surface area contributed by atoms with E-state index < -0.39 is 36.9 Å². The molecule has 326 valence electrons. The highest BCUT2D eigenvalue weighted by Gasteiger charge is 2.28. The highest BCUT2D eigenvalue weighted by atomic mass is 16.3. The van der Waals surface area contributed by atoms with Gasteiger partial charge in [0.15, 0.2) is 0 Å². The minimum absolute atomic E-state index is 0.364. The fraction of sp³-hybridized carbons (Fsp3) is 0.898. The van der Waals surface area contributed by atoms with Crippen LogP contribution in [-0.4, -0.2) is 57.3 Å². The van der Waals surface area contributed by atoms with E-state index in [2.05, 4.69) is 43.5 Å². The highest BCUT2D eigenvalue weighted by molar-refractivity contribution is 5.80. The molecule has 0 bridgehead atoms. The number of aliphatic hydroxyl groups is 4. The Kier molecular flexibility index (Phi) is 42.9. The van der Waals surface area contributed by atoms with Crippen LogP contribution in [0.1, 0.15) is 251 Å². The largest absolute Gasteiger partial charge is 0.394 e. The van der Waals surface area contributed by atoms with Gasteiger partial charge in [-0.1, -0.05) is 224 Å². The molecule has 0 saturated heterocycles. The number of carbonyl (C=O) groups is 1. The van der Waals surface area contributed by atoms with Gasteiger partial charge < -0.3 is 25.7 Å². The fourth-order valence-electron chi connectivity index (χ4n) is 7.54. The predicted octanol–water partition coefficient (Wildman–Crippen LogP) is 13.1. The molecule has 0 saturated carbocycles. The second-order valence-electron chi connectivity index (χ2n) is 16.8. The third-order valence-electron chi connectivity index (χ3n) is 11.4. The van der Waals surface area contributed by atoms with Crippen LogP contribution >= 0.6 is 0 Å². The molecule has 4 unspecified atom stereocenters. The van der Waals surface area contributed by atoms with Crippen molar-refractivity contribution < 1.29 is 25.2 Å². The van der Waals surface area contributed by atoms with E-state index in [0.29, 0.717) is 19.3 Å². The van der Waals surface area contributed by atoms with E-state index in [1.54, 1.807) is 0 Å². The van der Waals surface area contributed by atoms with Crippen LogP contribution in [0.4, 0.5) is 0 Å². The topological polar surface area (TPSA) is 110 Å². The first-order valence-corrected chi connectivity index (χ1v) is 24.2. The van der Waals surface area contributed by atoms with Crippen molar-refractivity contribution >= 4 is 5.91 Å². The Labute approximate surface area is 342 Å². The molecule has 0 aliphatic carbocycles. The molecule has 0 heterocycles. The third-order valence-corrected chi connectivity index (χ3v) is 11.4. The van der Waals surface area contributed by atoms with Crippen molar-refractivity contribution in [1.29, 1.82) is 0 Å². The molecular weight excluding hydrogens is 683 g/mol. The van der Waals surface area contributed by atoms with Gasteiger partial charge in [-0.15, -0.1) is 0 Å². The molecule has 0 aromatic heterocycles. The first-order chi connectivity index (χ1) is 27.0. The van der Waals surface area contributed by atoms with E-state index in [1.165, 1.54) is 180 Å². The van der Waals surface area contributed by atoms with Crippen molar-refractivity contribution in [2.24, 2.45) is 0 Å².